The van der Waals surface area contributed by atoms with Crippen molar-refractivity contribution < 1.29 is 27.9 Å². The zero-order valence-corrected chi connectivity index (χ0v) is 10.9. The fourth-order valence-corrected chi connectivity index (χ4v) is 2.57. The molecule has 21 heavy (non-hydrogen) atoms. The number of benzene rings is 1. The Morgan fingerprint density at radius 3 is 2.76 bits per heavy atom. The van der Waals surface area contributed by atoms with E-state index in [1.54, 1.807) is 0 Å². The molecule has 2 aliphatic heterocycles. The van der Waals surface area contributed by atoms with Crippen LogP contribution < -0.4 is 4.90 Å². The normalized spacial score (nSPS) is 21.0. The number of amides is 1. The number of halogens is 2. The quantitative estimate of drug-likeness (QED) is 0.783. The van der Waals surface area contributed by atoms with Crippen LogP contribution in [0.3, 0.4) is 0 Å². The van der Waals surface area contributed by atoms with Gasteiger partial charge in [-0.2, -0.15) is 0 Å². The Labute approximate surface area is 118 Å². The van der Waals surface area contributed by atoms with E-state index in [4.69, 9.17) is 4.74 Å². The van der Waals surface area contributed by atoms with E-state index in [9.17, 15) is 23.2 Å². The Kier molecular flexibility index (Phi) is 3.29. The number of carbonyl (C=O) groups is 3. The predicted molar refractivity (Wildman–Crippen MR) is 67.0 cm³/mol. The molecule has 0 bridgehead atoms. The number of ether oxygens (including phenoxy) is 1. The lowest BCUT2D eigenvalue weighted by Crippen LogP contribution is -2.37. The fraction of sp³-hybridized carbons (Fsp3) is 0.357. The summed E-state index contributed by atoms with van der Waals surface area (Å²) in [7, 11) is 0. The molecule has 1 amide bonds. The zero-order valence-electron chi connectivity index (χ0n) is 10.9. The molecule has 5 nitrogen and oxygen atoms in total. The minimum absolute atomic E-state index is 0.185. The molecule has 2 heterocycles. The number of Topliss-reactive ketones (excluding diaryl/α,β-unsaturated/α-hetero) is 2. The second-order valence-corrected chi connectivity index (χ2v) is 5.03. The van der Waals surface area contributed by atoms with Crippen molar-refractivity contribution in [1.82, 2.24) is 0 Å². The van der Waals surface area contributed by atoms with Crippen molar-refractivity contribution in [2.45, 2.75) is 6.42 Å². The van der Waals surface area contributed by atoms with Crippen molar-refractivity contribution >= 4 is 23.2 Å². The summed E-state index contributed by atoms with van der Waals surface area (Å²) in [6.07, 6.45) is 0.541. The molecular formula is C14H11F2NO4. The van der Waals surface area contributed by atoms with Gasteiger partial charge in [-0.15, -0.1) is 0 Å². The van der Waals surface area contributed by atoms with Gasteiger partial charge in [0.05, 0.1) is 24.4 Å². The van der Waals surface area contributed by atoms with Crippen LogP contribution in [0.2, 0.25) is 0 Å². The topological polar surface area (TPSA) is 63.7 Å². The molecule has 0 N–H and O–H groups in total. The van der Waals surface area contributed by atoms with Crippen LogP contribution in [0.5, 0.6) is 0 Å². The first-order valence-electron chi connectivity index (χ1n) is 6.44. The number of nitrogens with zero attached hydrogens (tertiary/aromatic N) is 1. The first-order valence-corrected chi connectivity index (χ1v) is 6.44. The Balaban J connectivity index is 1.92. The Hall–Kier alpha value is -2.15. The van der Waals surface area contributed by atoms with E-state index in [1.807, 2.05) is 0 Å². The van der Waals surface area contributed by atoms with Crippen molar-refractivity contribution in [3.05, 3.63) is 29.3 Å². The van der Waals surface area contributed by atoms with Gasteiger partial charge in [0.15, 0.2) is 5.78 Å². The van der Waals surface area contributed by atoms with Gasteiger partial charge >= 0.3 is 0 Å². The highest BCUT2D eigenvalue weighted by atomic mass is 19.1. The van der Waals surface area contributed by atoms with Gasteiger partial charge in [-0.05, 0) is 12.5 Å². The summed E-state index contributed by atoms with van der Waals surface area (Å²) in [5, 5.41) is 0. The molecule has 2 aliphatic rings. The van der Waals surface area contributed by atoms with Crippen LogP contribution in [0.25, 0.3) is 0 Å². The highest BCUT2D eigenvalue weighted by Crippen LogP contribution is 2.32. The minimum Gasteiger partial charge on any atom is -0.381 e. The first-order chi connectivity index (χ1) is 9.99. The smallest absolute Gasteiger partial charge is 0.300 e. The maximum Gasteiger partial charge on any atom is 0.300 e. The van der Waals surface area contributed by atoms with Crippen LogP contribution in [-0.2, 0) is 14.3 Å². The van der Waals surface area contributed by atoms with Crippen molar-refractivity contribution in [2.75, 3.05) is 24.7 Å². The van der Waals surface area contributed by atoms with Crippen molar-refractivity contribution in [1.29, 1.82) is 0 Å². The molecule has 110 valence electrons. The van der Waals surface area contributed by atoms with Crippen LogP contribution in [0, 0.1) is 17.6 Å². The van der Waals surface area contributed by atoms with Crippen LogP contribution in [0.1, 0.15) is 16.8 Å². The summed E-state index contributed by atoms with van der Waals surface area (Å²) in [4.78, 5) is 36.5. The number of hydrogen-bond acceptors (Lipinski definition) is 4. The summed E-state index contributed by atoms with van der Waals surface area (Å²) >= 11 is 0. The summed E-state index contributed by atoms with van der Waals surface area (Å²) in [6, 6.07) is 1.43. The van der Waals surface area contributed by atoms with Crippen LogP contribution in [0.4, 0.5) is 14.5 Å². The fourth-order valence-electron chi connectivity index (χ4n) is 2.57. The van der Waals surface area contributed by atoms with Crippen molar-refractivity contribution in [3.63, 3.8) is 0 Å². The maximum atomic E-state index is 13.6. The maximum absolute atomic E-state index is 13.6. The van der Waals surface area contributed by atoms with Crippen LogP contribution >= 0.6 is 0 Å². The average molecular weight is 295 g/mol. The number of rotatable bonds is 3. The molecule has 0 spiro atoms. The third kappa shape index (κ3) is 2.23. The second kappa shape index (κ2) is 5.00. The number of carbonyl (C=O) groups excluding carboxylic acids is 3. The predicted octanol–water partition coefficient (Wildman–Crippen LogP) is 1.10. The van der Waals surface area contributed by atoms with Gasteiger partial charge < -0.3 is 4.74 Å². The first kappa shape index (κ1) is 13.8. The molecule has 1 unspecified atom stereocenters. The zero-order chi connectivity index (χ0) is 15.1. The molecule has 7 heteroatoms. The van der Waals surface area contributed by atoms with Gasteiger partial charge in [-0.25, -0.2) is 8.78 Å². The SMILES string of the molecule is O=C1C(=O)N(CC(=O)C2CCOC2)c2cc(F)cc(F)c21. The lowest BCUT2D eigenvalue weighted by molar-refractivity contribution is -0.123. The van der Waals surface area contributed by atoms with E-state index < -0.39 is 28.9 Å². The largest absolute Gasteiger partial charge is 0.381 e. The van der Waals surface area contributed by atoms with E-state index in [0.717, 1.165) is 11.0 Å². The highest BCUT2D eigenvalue weighted by molar-refractivity contribution is 6.52. The summed E-state index contributed by atoms with van der Waals surface area (Å²) in [5.41, 5.74) is -0.661. The van der Waals surface area contributed by atoms with Gasteiger partial charge in [0.1, 0.15) is 11.6 Å². The molecule has 0 saturated carbocycles. The van der Waals surface area contributed by atoms with Gasteiger partial charge in [0.25, 0.3) is 11.7 Å². The third-order valence-electron chi connectivity index (χ3n) is 3.69. The molecule has 1 aromatic carbocycles. The van der Waals surface area contributed by atoms with E-state index in [-0.39, 0.29) is 30.5 Å². The number of hydrogen-bond donors (Lipinski definition) is 0. The number of ketones is 2. The Morgan fingerprint density at radius 2 is 2.10 bits per heavy atom. The van der Waals surface area contributed by atoms with Crippen molar-refractivity contribution in [2.24, 2.45) is 5.92 Å². The summed E-state index contributed by atoms with van der Waals surface area (Å²) < 4.78 is 32.0. The van der Waals surface area contributed by atoms with Gasteiger partial charge in [-0.1, -0.05) is 0 Å². The van der Waals surface area contributed by atoms with E-state index in [2.05, 4.69) is 0 Å². The van der Waals surface area contributed by atoms with E-state index in [0.29, 0.717) is 19.1 Å². The molecule has 1 fully saturated rings. The Bertz CT molecular complexity index is 653. The van der Waals surface area contributed by atoms with Crippen molar-refractivity contribution in [3.8, 4) is 0 Å². The molecule has 0 radical (unpaired) electrons. The molecule has 1 saturated heterocycles. The minimum atomic E-state index is -1.09. The van der Waals surface area contributed by atoms with E-state index >= 15 is 0 Å². The van der Waals surface area contributed by atoms with Gasteiger partial charge in [0.2, 0.25) is 0 Å². The standard InChI is InChI=1S/C14H11F2NO4/c15-8-3-9(16)12-10(4-8)17(14(20)13(12)19)5-11(18)7-1-2-21-6-7/h3-4,7H,1-2,5-6H2. The molecule has 1 aromatic rings. The Morgan fingerprint density at radius 1 is 1.33 bits per heavy atom. The number of anilines is 1. The van der Waals surface area contributed by atoms with Crippen LogP contribution in [0.15, 0.2) is 12.1 Å². The van der Waals surface area contributed by atoms with E-state index in [1.165, 1.54) is 0 Å². The molecule has 0 aliphatic carbocycles. The highest BCUT2D eigenvalue weighted by Gasteiger charge is 2.40. The number of fused-ring (bicyclic) bond motifs is 1. The van der Waals surface area contributed by atoms with Gasteiger partial charge in [-0.3, -0.25) is 19.3 Å². The second-order valence-electron chi connectivity index (χ2n) is 5.03. The molecule has 0 aromatic heterocycles. The molecule has 1 atom stereocenters. The third-order valence-corrected chi connectivity index (χ3v) is 3.69. The molecule has 3 rings (SSSR count). The molecular weight excluding hydrogens is 284 g/mol. The monoisotopic (exact) mass is 295 g/mol. The summed E-state index contributed by atoms with van der Waals surface area (Å²) in [5.74, 6) is -4.71. The lowest BCUT2D eigenvalue weighted by Gasteiger charge is -2.17. The summed E-state index contributed by atoms with van der Waals surface area (Å²) in [6.45, 7) is 0.344. The lowest BCUT2D eigenvalue weighted by atomic mass is 10.0. The van der Waals surface area contributed by atoms with Gasteiger partial charge in [0, 0.05) is 18.6 Å². The van der Waals surface area contributed by atoms with Crippen LogP contribution in [-0.4, -0.2) is 37.2 Å². The average Bonchev–Trinajstić information content (AvgIpc) is 3.02.